The SMILES string of the molecule is CCCN=C(NN)Nc1ccc(OC)c(Cl)c1. The summed E-state index contributed by atoms with van der Waals surface area (Å²) in [5.74, 6) is 6.49. The molecule has 0 unspecified atom stereocenters. The molecule has 0 aliphatic rings. The number of anilines is 1. The first kappa shape index (κ1) is 13.6. The van der Waals surface area contributed by atoms with Crippen molar-refractivity contribution in [1.82, 2.24) is 5.43 Å². The van der Waals surface area contributed by atoms with Crippen molar-refractivity contribution in [3.05, 3.63) is 23.2 Å². The fourth-order valence-corrected chi connectivity index (χ4v) is 1.48. The van der Waals surface area contributed by atoms with Crippen molar-refractivity contribution in [2.45, 2.75) is 13.3 Å². The summed E-state index contributed by atoms with van der Waals surface area (Å²) in [7, 11) is 1.57. The maximum atomic E-state index is 6.00. The summed E-state index contributed by atoms with van der Waals surface area (Å²) >= 11 is 6.00. The molecule has 0 atom stereocenters. The van der Waals surface area contributed by atoms with Gasteiger partial charge in [0.25, 0.3) is 0 Å². The first-order valence-electron chi connectivity index (χ1n) is 5.33. The number of ether oxygens (including phenoxy) is 1. The average molecular weight is 257 g/mol. The molecule has 1 aromatic carbocycles. The van der Waals surface area contributed by atoms with Gasteiger partial charge >= 0.3 is 0 Å². The molecule has 0 fully saturated rings. The van der Waals surface area contributed by atoms with Crippen molar-refractivity contribution < 1.29 is 4.74 Å². The van der Waals surface area contributed by atoms with Crippen molar-refractivity contribution in [3.63, 3.8) is 0 Å². The van der Waals surface area contributed by atoms with Crippen molar-refractivity contribution in [2.75, 3.05) is 19.0 Å². The Morgan fingerprint density at radius 3 is 2.82 bits per heavy atom. The van der Waals surface area contributed by atoms with E-state index in [1.807, 2.05) is 13.0 Å². The lowest BCUT2D eigenvalue weighted by atomic mass is 10.3. The van der Waals surface area contributed by atoms with Crippen molar-refractivity contribution >= 4 is 23.2 Å². The highest BCUT2D eigenvalue weighted by Gasteiger charge is 2.03. The Bertz CT molecular complexity index is 395. The maximum absolute atomic E-state index is 6.00. The van der Waals surface area contributed by atoms with Gasteiger partial charge in [-0.15, -0.1) is 0 Å². The number of halogens is 1. The van der Waals surface area contributed by atoms with Gasteiger partial charge in [-0.1, -0.05) is 18.5 Å². The van der Waals surface area contributed by atoms with Crippen LogP contribution < -0.4 is 21.3 Å². The fourth-order valence-electron chi connectivity index (χ4n) is 1.23. The number of hydrogen-bond donors (Lipinski definition) is 3. The lowest BCUT2D eigenvalue weighted by molar-refractivity contribution is 0.415. The molecule has 0 radical (unpaired) electrons. The molecule has 0 aliphatic carbocycles. The fraction of sp³-hybridized carbons (Fsp3) is 0.364. The lowest BCUT2D eigenvalue weighted by Gasteiger charge is -2.10. The smallest absolute Gasteiger partial charge is 0.210 e. The first-order chi connectivity index (χ1) is 8.21. The van der Waals surface area contributed by atoms with Crippen LogP contribution in [0.4, 0.5) is 5.69 Å². The topological polar surface area (TPSA) is 71.7 Å². The van der Waals surface area contributed by atoms with Crippen LogP contribution in [0.1, 0.15) is 13.3 Å². The van der Waals surface area contributed by atoms with Crippen LogP contribution in [0.25, 0.3) is 0 Å². The Balaban J connectivity index is 2.76. The zero-order valence-electron chi connectivity index (χ0n) is 9.96. The molecule has 17 heavy (non-hydrogen) atoms. The molecular formula is C11H17ClN4O. The summed E-state index contributed by atoms with van der Waals surface area (Å²) < 4.78 is 5.07. The zero-order chi connectivity index (χ0) is 12.7. The summed E-state index contributed by atoms with van der Waals surface area (Å²) in [5, 5.41) is 3.56. The van der Waals surface area contributed by atoms with Crippen molar-refractivity contribution in [1.29, 1.82) is 0 Å². The Morgan fingerprint density at radius 2 is 2.29 bits per heavy atom. The normalized spacial score (nSPS) is 11.2. The molecule has 1 aromatic rings. The highest BCUT2D eigenvalue weighted by atomic mass is 35.5. The molecule has 0 saturated carbocycles. The number of benzene rings is 1. The second kappa shape index (κ2) is 6.98. The lowest BCUT2D eigenvalue weighted by Crippen LogP contribution is -2.36. The molecule has 94 valence electrons. The van der Waals surface area contributed by atoms with Gasteiger partial charge in [-0.25, -0.2) is 5.84 Å². The number of nitrogens with one attached hydrogen (secondary N) is 2. The van der Waals surface area contributed by atoms with Crippen LogP contribution in [0.15, 0.2) is 23.2 Å². The number of guanidine groups is 1. The molecule has 5 nitrogen and oxygen atoms in total. The molecule has 0 aliphatic heterocycles. The quantitative estimate of drug-likeness (QED) is 0.333. The van der Waals surface area contributed by atoms with Crippen LogP contribution in [0.3, 0.4) is 0 Å². The largest absolute Gasteiger partial charge is 0.495 e. The van der Waals surface area contributed by atoms with Gasteiger partial charge in [-0.3, -0.25) is 10.4 Å². The second-order valence-corrected chi connectivity index (χ2v) is 3.76. The van der Waals surface area contributed by atoms with Crippen LogP contribution in [-0.2, 0) is 0 Å². The summed E-state index contributed by atoms with van der Waals surface area (Å²) in [4.78, 5) is 4.22. The van der Waals surface area contributed by atoms with Crippen LogP contribution in [-0.4, -0.2) is 19.6 Å². The summed E-state index contributed by atoms with van der Waals surface area (Å²) in [6, 6.07) is 5.36. The Labute approximate surface area is 106 Å². The van der Waals surface area contributed by atoms with Crippen molar-refractivity contribution in [3.8, 4) is 5.75 Å². The molecular weight excluding hydrogens is 240 g/mol. The zero-order valence-corrected chi connectivity index (χ0v) is 10.7. The third-order valence-corrected chi connectivity index (χ3v) is 2.34. The van der Waals surface area contributed by atoms with Gasteiger partial charge in [0.1, 0.15) is 5.75 Å². The minimum Gasteiger partial charge on any atom is -0.495 e. The molecule has 6 heteroatoms. The predicted octanol–water partition coefficient (Wildman–Crippen LogP) is 1.99. The minimum atomic E-state index is 0.507. The molecule has 0 saturated heterocycles. The van der Waals surface area contributed by atoms with Gasteiger partial charge in [0.15, 0.2) is 0 Å². The average Bonchev–Trinajstić information content (AvgIpc) is 2.34. The number of rotatable bonds is 4. The van der Waals surface area contributed by atoms with Gasteiger partial charge in [-0.05, 0) is 24.6 Å². The second-order valence-electron chi connectivity index (χ2n) is 3.35. The minimum absolute atomic E-state index is 0.507. The Hall–Kier alpha value is -1.46. The van der Waals surface area contributed by atoms with Crippen LogP contribution >= 0.6 is 11.6 Å². The molecule has 0 heterocycles. The van der Waals surface area contributed by atoms with E-state index in [9.17, 15) is 0 Å². The predicted molar refractivity (Wildman–Crippen MR) is 71.5 cm³/mol. The third kappa shape index (κ3) is 4.13. The molecule has 0 aromatic heterocycles. The van der Waals surface area contributed by atoms with Crippen LogP contribution in [0, 0.1) is 0 Å². The van der Waals surface area contributed by atoms with E-state index in [1.54, 1.807) is 19.2 Å². The number of nitrogens with two attached hydrogens (primary N) is 1. The van der Waals surface area contributed by atoms with E-state index in [2.05, 4.69) is 15.7 Å². The van der Waals surface area contributed by atoms with E-state index < -0.39 is 0 Å². The number of methoxy groups -OCH3 is 1. The van der Waals surface area contributed by atoms with Crippen LogP contribution in [0.5, 0.6) is 5.75 Å². The molecule has 0 amide bonds. The van der Waals surface area contributed by atoms with Gasteiger partial charge in [0.2, 0.25) is 5.96 Å². The van der Waals surface area contributed by atoms with E-state index in [-0.39, 0.29) is 0 Å². The Kier molecular flexibility index (Phi) is 5.59. The molecule has 1 rings (SSSR count). The summed E-state index contributed by atoms with van der Waals surface area (Å²) in [6.45, 7) is 2.75. The van der Waals surface area contributed by atoms with Gasteiger partial charge < -0.3 is 10.1 Å². The van der Waals surface area contributed by atoms with E-state index in [0.717, 1.165) is 12.1 Å². The van der Waals surface area contributed by atoms with E-state index in [0.29, 0.717) is 23.3 Å². The van der Waals surface area contributed by atoms with Crippen molar-refractivity contribution in [2.24, 2.45) is 10.8 Å². The summed E-state index contributed by atoms with van der Waals surface area (Å²) in [6.07, 6.45) is 0.955. The van der Waals surface area contributed by atoms with Gasteiger partial charge in [0, 0.05) is 12.2 Å². The summed E-state index contributed by atoms with van der Waals surface area (Å²) in [5.41, 5.74) is 3.29. The highest BCUT2D eigenvalue weighted by Crippen LogP contribution is 2.26. The highest BCUT2D eigenvalue weighted by molar-refractivity contribution is 6.32. The third-order valence-electron chi connectivity index (χ3n) is 2.04. The van der Waals surface area contributed by atoms with E-state index >= 15 is 0 Å². The number of nitrogens with zero attached hydrogens (tertiary/aromatic N) is 1. The monoisotopic (exact) mass is 256 g/mol. The van der Waals surface area contributed by atoms with E-state index in [1.165, 1.54) is 0 Å². The van der Waals surface area contributed by atoms with E-state index in [4.69, 9.17) is 22.2 Å². The maximum Gasteiger partial charge on any atom is 0.210 e. The molecule has 4 N–H and O–H groups in total. The first-order valence-corrected chi connectivity index (χ1v) is 5.70. The standard InChI is InChI=1S/C11H17ClN4O/c1-3-6-14-11(16-13)15-8-4-5-10(17-2)9(12)7-8/h4-5,7H,3,6,13H2,1-2H3,(H2,14,15,16). The van der Waals surface area contributed by atoms with Crippen LogP contribution in [0.2, 0.25) is 5.02 Å². The van der Waals surface area contributed by atoms with Gasteiger partial charge in [-0.2, -0.15) is 0 Å². The Morgan fingerprint density at radius 1 is 1.53 bits per heavy atom. The molecule has 0 bridgehead atoms. The number of aliphatic imine (C=N–C) groups is 1. The number of hydrogen-bond acceptors (Lipinski definition) is 3. The molecule has 0 spiro atoms. The number of hydrazine groups is 1. The van der Waals surface area contributed by atoms with Gasteiger partial charge in [0.05, 0.1) is 12.1 Å².